The van der Waals surface area contributed by atoms with Crippen LogP contribution in [0.5, 0.6) is 5.75 Å². The molecule has 0 bridgehead atoms. The lowest BCUT2D eigenvalue weighted by Gasteiger charge is -2.10. The van der Waals surface area contributed by atoms with Crippen LogP contribution in [0, 0.1) is 19.7 Å². The average molecular weight is 439 g/mol. The molecule has 0 aliphatic carbocycles. The van der Waals surface area contributed by atoms with Gasteiger partial charge in [0.05, 0.1) is 4.88 Å². The van der Waals surface area contributed by atoms with Crippen LogP contribution in [0.4, 0.5) is 10.2 Å². The zero-order valence-corrected chi connectivity index (χ0v) is 17.5. The lowest BCUT2D eigenvalue weighted by atomic mass is 10.3. The molecule has 0 aliphatic heterocycles. The second-order valence-electron chi connectivity index (χ2n) is 6.69. The van der Waals surface area contributed by atoms with Crippen molar-refractivity contribution in [3.05, 3.63) is 75.3 Å². The van der Waals surface area contributed by atoms with Gasteiger partial charge in [0.2, 0.25) is 5.95 Å². The molecule has 31 heavy (non-hydrogen) atoms. The van der Waals surface area contributed by atoms with E-state index in [4.69, 9.17) is 4.74 Å². The van der Waals surface area contributed by atoms with Crippen molar-refractivity contribution in [3.8, 4) is 22.3 Å². The van der Waals surface area contributed by atoms with E-state index in [0.717, 1.165) is 4.88 Å². The predicted molar refractivity (Wildman–Crippen MR) is 115 cm³/mol. The molecule has 8 nitrogen and oxygen atoms in total. The lowest BCUT2D eigenvalue weighted by molar-refractivity contribution is -0.118. The van der Waals surface area contributed by atoms with E-state index in [-0.39, 0.29) is 18.1 Å². The van der Waals surface area contributed by atoms with Crippen LogP contribution >= 0.6 is 11.3 Å². The number of thiophene rings is 1. The van der Waals surface area contributed by atoms with Gasteiger partial charge in [0.25, 0.3) is 11.5 Å². The molecule has 4 aromatic rings. The number of benzene rings is 1. The summed E-state index contributed by atoms with van der Waals surface area (Å²) in [6, 6.07) is 10.9. The Morgan fingerprint density at radius 3 is 2.71 bits per heavy atom. The molecular formula is C21H18FN5O3S. The second-order valence-corrected chi connectivity index (χ2v) is 7.64. The minimum Gasteiger partial charge on any atom is -0.484 e. The van der Waals surface area contributed by atoms with Crippen molar-refractivity contribution in [1.29, 1.82) is 0 Å². The van der Waals surface area contributed by atoms with Crippen LogP contribution in [0.1, 0.15) is 11.3 Å². The summed E-state index contributed by atoms with van der Waals surface area (Å²) in [5.41, 5.74) is 1.40. The fraction of sp³-hybridized carbons (Fsp3) is 0.143. The Kier molecular flexibility index (Phi) is 5.63. The number of aromatic amines is 1. The highest BCUT2D eigenvalue weighted by Gasteiger charge is 2.17. The molecule has 0 radical (unpaired) electrons. The van der Waals surface area contributed by atoms with Gasteiger partial charge < -0.3 is 10.1 Å². The first kappa shape index (κ1) is 20.5. The lowest BCUT2D eigenvalue weighted by Crippen LogP contribution is -2.23. The van der Waals surface area contributed by atoms with E-state index in [2.05, 4.69) is 20.4 Å². The minimum absolute atomic E-state index is 0.186. The van der Waals surface area contributed by atoms with E-state index in [1.165, 1.54) is 40.3 Å². The van der Waals surface area contributed by atoms with Crippen LogP contribution in [0.25, 0.3) is 16.5 Å². The van der Waals surface area contributed by atoms with E-state index in [1.807, 2.05) is 17.5 Å². The van der Waals surface area contributed by atoms with Gasteiger partial charge in [0.1, 0.15) is 23.1 Å². The fourth-order valence-corrected chi connectivity index (χ4v) is 3.45. The number of carbonyl (C=O) groups is 1. The van der Waals surface area contributed by atoms with E-state index in [0.29, 0.717) is 28.5 Å². The molecule has 10 heteroatoms. The largest absolute Gasteiger partial charge is 0.484 e. The molecule has 0 atom stereocenters. The summed E-state index contributed by atoms with van der Waals surface area (Å²) in [6.07, 6.45) is 0. The van der Waals surface area contributed by atoms with E-state index < -0.39 is 11.7 Å². The van der Waals surface area contributed by atoms with Gasteiger partial charge in [0.15, 0.2) is 6.61 Å². The molecule has 4 rings (SSSR count). The number of carbonyl (C=O) groups excluding carboxylic acids is 1. The minimum atomic E-state index is -0.450. The number of aryl methyl sites for hydroxylation is 1. The van der Waals surface area contributed by atoms with Gasteiger partial charge in [-0.3, -0.25) is 14.6 Å². The summed E-state index contributed by atoms with van der Waals surface area (Å²) in [5.74, 6) is 0.0312. The van der Waals surface area contributed by atoms with Gasteiger partial charge in [-0.15, -0.1) is 11.3 Å². The molecule has 2 N–H and O–H groups in total. The first-order valence-electron chi connectivity index (χ1n) is 9.31. The van der Waals surface area contributed by atoms with Crippen LogP contribution in [0.3, 0.4) is 0 Å². The number of hydrogen-bond donors (Lipinski definition) is 2. The third kappa shape index (κ3) is 4.53. The highest BCUT2D eigenvalue weighted by molar-refractivity contribution is 7.13. The maximum Gasteiger partial charge on any atom is 0.263 e. The number of anilines is 1. The van der Waals surface area contributed by atoms with E-state index >= 15 is 0 Å². The van der Waals surface area contributed by atoms with Crippen molar-refractivity contribution < 1.29 is 13.9 Å². The number of halogens is 1. The molecule has 0 saturated heterocycles. The van der Waals surface area contributed by atoms with Gasteiger partial charge in [-0.25, -0.2) is 9.37 Å². The molecule has 0 fully saturated rings. The summed E-state index contributed by atoms with van der Waals surface area (Å²) in [6.45, 7) is 3.12. The maximum absolute atomic E-state index is 13.0. The predicted octanol–water partition coefficient (Wildman–Crippen LogP) is 3.46. The Bertz CT molecular complexity index is 1280. The van der Waals surface area contributed by atoms with Gasteiger partial charge in [-0.2, -0.15) is 9.78 Å². The third-order valence-electron chi connectivity index (χ3n) is 4.52. The summed E-state index contributed by atoms with van der Waals surface area (Å²) in [7, 11) is 0. The normalized spacial score (nSPS) is 10.8. The highest BCUT2D eigenvalue weighted by atomic mass is 32.1. The summed E-state index contributed by atoms with van der Waals surface area (Å²) in [5, 5.41) is 9.16. The molecule has 3 heterocycles. The number of H-pyrrole nitrogens is 1. The van der Waals surface area contributed by atoms with Gasteiger partial charge in [0, 0.05) is 17.3 Å². The molecule has 158 valence electrons. The van der Waals surface area contributed by atoms with Crippen molar-refractivity contribution in [3.63, 3.8) is 0 Å². The quantitative estimate of drug-likeness (QED) is 0.479. The van der Waals surface area contributed by atoms with Crippen LogP contribution < -0.4 is 15.6 Å². The Morgan fingerprint density at radius 1 is 1.26 bits per heavy atom. The van der Waals surface area contributed by atoms with Crippen molar-refractivity contribution in [2.45, 2.75) is 13.8 Å². The number of aromatic nitrogens is 4. The van der Waals surface area contributed by atoms with Gasteiger partial charge in [-0.1, -0.05) is 6.07 Å². The summed E-state index contributed by atoms with van der Waals surface area (Å²) in [4.78, 5) is 32.7. The van der Waals surface area contributed by atoms with Crippen molar-refractivity contribution in [1.82, 2.24) is 19.7 Å². The molecule has 1 aromatic carbocycles. The van der Waals surface area contributed by atoms with Crippen LogP contribution in [-0.2, 0) is 4.79 Å². The molecule has 1 amide bonds. The number of rotatable bonds is 6. The van der Waals surface area contributed by atoms with E-state index in [1.54, 1.807) is 19.9 Å². The van der Waals surface area contributed by atoms with Crippen LogP contribution in [0.2, 0.25) is 0 Å². The monoisotopic (exact) mass is 439 g/mol. The van der Waals surface area contributed by atoms with Crippen LogP contribution in [0.15, 0.2) is 52.6 Å². The first-order chi connectivity index (χ1) is 14.9. The highest BCUT2D eigenvalue weighted by Crippen LogP contribution is 2.27. The standard InChI is InChI=1S/C21H18FN5O3S/c1-12-13(2)23-21(25-20(12)29)27-18(10-16(26-27)17-4-3-9-31-17)24-19(28)11-30-15-7-5-14(22)6-8-15/h3-10H,11H2,1-2H3,(H,24,28)(H,23,25,29). The molecule has 0 unspecified atom stereocenters. The number of hydrogen-bond acceptors (Lipinski definition) is 6. The number of nitrogens with one attached hydrogen (secondary N) is 2. The number of ether oxygens (including phenoxy) is 1. The van der Waals surface area contributed by atoms with Crippen molar-refractivity contribution in [2.24, 2.45) is 0 Å². The Balaban J connectivity index is 1.62. The summed E-state index contributed by atoms with van der Waals surface area (Å²) < 4.78 is 19.8. The van der Waals surface area contributed by atoms with Gasteiger partial charge in [-0.05, 0) is 49.6 Å². The smallest absolute Gasteiger partial charge is 0.263 e. The Labute approximate surface area is 180 Å². The molecule has 3 aromatic heterocycles. The average Bonchev–Trinajstić information content (AvgIpc) is 3.41. The summed E-state index contributed by atoms with van der Waals surface area (Å²) >= 11 is 1.49. The Hall–Kier alpha value is -3.79. The zero-order valence-electron chi connectivity index (χ0n) is 16.7. The molecule has 0 spiro atoms. The maximum atomic E-state index is 13.0. The van der Waals surface area contributed by atoms with Crippen molar-refractivity contribution in [2.75, 3.05) is 11.9 Å². The first-order valence-corrected chi connectivity index (χ1v) is 10.2. The SMILES string of the molecule is Cc1nc(-n2nc(-c3cccs3)cc2NC(=O)COc2ccc(F)cc2)[nH]c(=O)c1C. The molecule has 0 aliphatic rings. The number of amides is 1. The third-order valence-corrected chi connectivity index (χ3v) is 5.41. The second kappa shape index (κ2) is 8.52. The van der Waals surface area contributed by atoms with Gasteiger partial charge >= 0.3 is 0 Å². The fourth-order valence-electron chi connectivity index (χ4n) is 2.77. The molecule has 0 saturated carbocycles. The van der Waals surface area contributed by atoms with Crippen LogP contribution in [-0.4, -0.2) is 32.3 Å². The molecular weight excluding hydrogens is 421 g/mol. The number of nitrogens with zero attached hydrogens (tertiary/aromatic N) is 3. The zero-order chi connectivity index (χ0) is 22.0. The van der Waals surface area contributed by atoms with Crippen molar-refractivity contribution >= 4 is 23.1 Å². The van der Waals surface area contributed by atoms with E-state index in [9.17, 15) is 14.0 Å². The Morgan fingerprint density at radius 2 is 2.03 bits per heavy atom. The topological polar surface area (TPSA) is 102 Å².